The summed E-state index contributed by atoms with van der Waals surface area (Å²) in [5.41, 5.74) is 1.09. The van der Waals surface area contributed by atoms with Crippen molar-refractivity contribution in [1.82, 2.24) is 0 Å². The maximum atomic E-state index is 11.8. The zero-order chi connectivity index (χ0) is 12.3. The maximum Gasteiger partial charge on any atom is 0.255 e. The Balaban J connectivity index is 2.11. The molecular formula is C13H9ClNO2. The summed E-state index contributed by atoms with van der Waals surface area (Å²) in [6.45, 7) is 0. The smallest absolute Gasteiger partial charge is 0.255 e. The molecule has 0 saturated carbocycles. The molecule has 0 aliphatic heterocycles. The van der Waals surface area contributed by atoms with Gasteiger partial charge < -0.3 is 10.4 Å². The van der Waals surface area contributed by atoms with Crippen molar-refractivity contribution < 1.29 is 9.90 Å². The van der Waals surface area contributed by atoms with Crippen LogP contribution >= 0.6 is 11.6 Å². The van der Waals surface area contributed by atoms with Crippen LogP contribution in [0.15, 0.2) is 42.5 Å². The fourth-order valence-electron chi connectivity index (χ4n) is 1.30. The van der Waals surface area contributed by atoms with Gasteiger partial charge in [-0.05, 0) is 42.5 Å². The average Bonchev–Trinajstić information content (AvgIpc) is 2.33. The average molecular weight is 247 g/mol. The number of phenolic OH excluding ortho intramolecular Hbond substituents is 1. The third kappa shape index (κ3) is 2.98. The zero-order valence-corrected chi connectivity index (χ0v) is 9.53. The molecule has 2 aromatic carbocycles. The number of anilines is 1. The highest BCUT2D eigenvalue weighted by atomic mass is 35.5. The highest BCUT2D eigenvalue weighted by molar-refractivity contribution is 6.30. The molecule has 0 spiro atoms. The molecule has 0 aliphatic carbocycles. The quantitative estimate of drug-likeness (QED) is 0.800. The number of rotatable bonds is 2. The number of carbonyl (C=O) groups excluding carboxylic acids is 1. The summed E-state index contributed by atoms with van der Waals surface area (Å²) in [5.74, 6) is -0.199. The van der Waals surface area contributed by atoms with E-state index in [1.165, 1.54) is 12.1 Å². The number of hydrogen-bond acceptors (Lipinski definition) is 2. The predicted octanol–water partition coefficient (Wildman–Crippen LogP) is 3.10. The van der Waals surface area contributed by atoms with Crippen molar-refractivity contribution in [2.75, 3.05) is 5.32 Å². The van der Waals surface area contributed by atoms with E-state index in [9.17, 15) is 4.79 Å². The standard InChI is InChI=1S/C13H9ClNO2/c14-10-3-1-9(2-4-10)13(17)15-11-5-7-12(16)8-6-11/h1-7,16H,(H,15,17). The van der Waals surface area contributed by atoms with Gasteiger partial charge >= 0.3 is 0 Å². The molecule has 0 fully saturated rings. The lowest BCUT2D eigenvalue weighted by Gasteiger charge is -2.05. The first-order valence-corrected chi connectivity index (χ1v) is 5.30. The van der Waals surface area contributed by atoms with Crippen molar-refractivity contribution >= 4 is 23.2 Å². The number of benzene rings is 2. The van der Waals surface area contributed by atoms with Gasteiger partial charge in [-0.15, -0.1) is 0 Å². The number of halogens is 1. The molecule has 0 aliphatic rings. The van der Waals surface area contributed by atoms with Crippen LogP contribution in [0.3, 0.4) is 0 Å². The molecule has 0 heterocycles. The first-order chi connectivity index (χ1) is 8.15. The second kappa shape index (κ2) is 4.89. The zero-order valence-electron chi connectivity index (χ0n) is 8.77. The van der Waals surface area contributed by atoms with Crippen LogP contribution in [0.25, 0.3) is 0 Å². The molecule has 0 bridgehead atoms. The Hall–Kier alpha value is -2.00. The third-order valence-corrected chi connectivity index (χ3v) is 2.41. The molecule has 17 heavy (non-hydrogen) atoms. The van der Waals surface area contributed by atoms with E-state index in [2.05, 4.69) is 11.4 Å². The molecule has 0 atom stereocenters. The summed E-state index contributed by atoms with van der Waals surface area (Å²) in [6.07, 6.45) is 0. The molecular weight excluding hydrogens is 238 g/mol. The highest BCUT2D eigenvalue weighted by Gasteiger charge is 2.05. The SMILES string of the molecule is O=C(Nc1c[c]c(O)cc1)c1ccc(Cl)cc1. The molecule has 2 rings (SSSR count). The Kier molecular flexibility index (Phi) is 3.30. The molecule has 0 unspecified atom stereocenters. The number of hydrogen-bond donors (Lipinski definition) is 2. The first kappa shape index (κ1) is 11.5. The van der Waals surface area contributed by atoms with Gasteiger partial charge in [0.05, 0.1) is 0 Å². The van der Waals surface area contributed by atoms with Gasteiger partial charge in [0.1, 0.15) is 5.75 Å². The topological polar surface area (TPSA) is 49.3 Å². The van der Waals surface area contributed by atoms with E-state index < -0.39 is 0 Å². The summed E-state index contributed by atoms with van der Waals surface area (Å²) < 4.78 is 0. The predicted molar refractivity (Wildman–Crippen MR) is 66.3 cm³/mol. The Morgan fingerprint density at radius 3 is 2.47 bits per heavy atom. The van der Waals surface area contributed by atoms with Gasteiger partial charge in [0.25, 0.3) is 5.91 Å². The minimum atomic E-state index is -0.235. The number of aromatic hydroxyl groups is 1. The van der Waals surface area contributed by atoms with E-state index >= 15 is 0 Å². The van der Waals surface area contributed by atoms with Crippen LogP contribution in [0.5, 0.6) is 5.75 Å². The molecule has 4 heteroatoms. The van der Waals surface area contributed by atoms with Gasteiger partial charge in [-0.25, -0.2) is 0 Å². The third-order valence-electron chi connectivity index (χ3n) is 2.16. The van der Waals surface area contributed by atoms with Crippen molar-refractivity contribution in [2.45, 2.75) is 0 Å². The summed E-state index contributed by atoms with van der Waals surface area (Å²) in [6, 6.07) is 13.7. The fourth-order valence-corrected chi connectivity index (χ4v) is 1.42. The second-order valence-corrected chi connectivity index (χ2v) is 3.86. The van der Waals surface area contributed by atoms with E-state index in [0.717, 1.165) is 0 Å². The van der Waals surface area contributed by atoms with Crippen molar-refractivity contribution in [3.63, 3.8) is 0 Å². The van der Waals surface area contributed by atoms with E-state index in [1.807, 2.05) is 0 Å². The molecule has 2 aromatic rings. The van der Waals surface area contributed by atoms with Crippen LogP contribution in [0.1, 0.15) is 10.4 Å². The van der Waals surface area contributed by atoms with E-state index in [1.54, 1.807) is 30.3 Å². The Labute approximate surface area is 104 Å². The minimum Gasteiger partial charge on any atom is -0.507 e. The van der Waals surface area contributed by atoms with Crippen molar-refractivity contribution in [1.29, 1.82) is 0 Å². The van der Waals surface area contributed by atoms with Crippen LogP contribution in [-0.4, -0.2) is 11.0 Å². The number of carbonyl (C=O) groups is 1. The van der Waals surface area contributed by atoms with E-state index in [4.69, 9.17) is 16.7 Å². The van der Waals surface area contributed by atoms with Crippen LogP contribution < -0.4 is 5.32 Å². The van der Waals surface area contributed by atoms with Gasteiger partial charge in [0.2, 0.25) is 0 Å². The molecule has 3 nitrogen and oxygen atoms in total. The van der Waals surface area contributed by atoms with Crippen LogP contribution in [0, 0.1) is 6.07 Å². The molecule has 1 radical (unpaired) electrons. The van der Waals surface area contributed by atoms with Crippen LogP contribution in [0.4, 0.5) is 5.69 Å². The Morgan fingerprint density at radius 2 is 1.88 bits per heavy atom. The maximum absolute atomic E-state index is 11.8. The largest absolute Gasteiger partial charge is 0.507 e. The lowest BCUT2D eigenvalue weighted by Crippen LogP contribution is -2.11. The summed E-state index contributed by atoms with van der Waals surface area (Å²) >= 11 is 5.73. The Bertz CT molecular complexity index is 520. The minimum absolute atomic E-state index is 0.0366. The molecule has 2 N–H and O–H groups in total. The van der Waals surface area contributed by atoms with E-state index in [0.29, 0.717) is 16.3 Å². The summed E-state index contributed by atoms with van der Waals surface area (Å²) in [7, 11) is 0. The van der Waals surface area contributed by atoms with E-state index in [-0.39, 0.29) is 11.7 Å². The van der Waals surface area contributed by atoms with Crippen LogP contribution in [-0.2, 0) is 0 Å². The summed E-state index contributed by atoms with van der Waals surface area (Å²) in [5, 5.41) is 12.3. The van der Waals surface area contributed by atoms with Gasteiger partial charge in [-0.3, -0.25) is 4.79 Å². The molecule has 85 valence electrons. The lowest BCUT2D eigenvalue weighted by atomic mass is 10.2. The fraction of sp³-hybridized carbons (Fsp3) is 0. The highest BCUT2D eigenvalue weighted by Crippen LogP contribution is 2.15. The Morgan fingerprint density at radius 1 is 1.18 bits per heavy atom. The van der Waals surface area contributed by atoms with Gasteiger partial charge in [0.15, 0.2) is 0 Å². The molecule has 1 amide bonds. The number of phenols is 1. The van der Waals surface area contributed by atoms with Crippen LogP contribution in [0.2, 0.25) is 5.02 Å². The number of nitrogens with one attached hydrogen (secondary N) is 1. The van der Waals surface area contributed by atoms with Crippen molar-refractivity contribution in [2.24, 2.45) is 0 Å². The van der Waals surface area contributed by atoms with Crippen molar-refractivity contribution in [3.8, 4) is 5.75 Å². The first-order valence-electron chi connectivity index (χ1n) is 4.93. The van der Waals surface area contributed by atoms with Gasteiger partial charge in [0, 0.05) is 22.3 Å². The van der Waals surface area contributed by atoms with Crippen molar-refractivity contribution in [3.05, 3.63) is 59.1 Å². The number of amides is 1. The van der Waals surface area contributed by atoms with Gasteiger partial charge in [-0.2, -0.15) is 0 Å². The van der Waals surface area contributed by atoms with Gasteiger partial charge in [-0.1, -0.05) is 11.6 Å². The monoisotopic (exact) mass is 246 g/mol. The lowest BCUT2D eigenvalue weighted by molar-refractivity contribution is 0.102. The molecule has 0 saturated heterocycles. The second-order valence-electron chi connectivity index (χ2n) is 3.42. The molecule has 0 aromatic heterocycles. The summed E-state index contributed by atoms with van der Waals surface area (Å²) in [4.78, 5) is 11.8. The normalized spacial score (nSPS) is 9.94.